The number of methoxy groups -OCH3 is 3. The van der Waals surface area contributed by atoms with Gasteiger partial charge in [-0.1, -0.05) is 19.9 Å². The van der Waals surface area contributed by atoms with Gasteiger partial charge in [-0.15, -0.1) is 0 Å². The molecule has 0 radical (unpaired) electrons. The zero-order valence-electron chi connectivity index (χ0n) is 19.6. The Hall–Kier alpha value is -3.00. The first-order chi connectivity index (χ1) is 15.4. The van der Waals surface area contributed by atoms with E-state index >= 15 is 0 Å². The molecule has 8 heteroatoms. The molecule has 0 N–H and O–H groups in total. The Morgan fingerprint density at radius 3 is 2.34 bits per heavy atom. The van der Waals surface area contributed by atoms with Gasteiger partial charge in [-0.05, 0) is 42.2 Å². The molecule has 2 aromatic rings. The van der Waals surface area contributed by atoms with Crippen LogP contribution in [0, 0.1) is 5.92 Å². The molecule has 0 bridgehead atoms. The highest BCUT2D eigenvalue weighted by molar-refractivity contribution is 5.85. The zero-order valence-corrected chi connectivity index (χ0v) is 19.6. The predicted molar refractivity (Wildman–Crippen MR) is 121 cm³/mol. The Kier molecular flexibility index (Phi) is 10.1. The minimum Gasteiger partial charge on any atom is -0.493 e. The van der Waals surface area contributed by atoms with Crippen molar-refractivity contribution < 1.29 is 28.2 Å². The predicted octanol–water partition coefficient (Wildman–Crippen LogP) is 3.00. The van der Waals surface area contributed by atoms with Gasteiger partial charge in [-0.2, -0.15) is 0 Å². The maximum atomic E-state index is 13.2. The summed E-state index contributed by atoms with van der Waals surface area (Å²) in [6.45, 7) is 5.23. The highest BCUT2D eigenvalue weighted by atomic mass is 16.5. The highest BCUT2D eigenvalue weighted by Crippen LogP contribution is 2.27. The summed E-state index contributed by atoms with van der Waals surface area (Å²) >= 11 is 0. The maximum absolute atomic E-state index is 13.2. The summed E-state index contributed by atoms with van der Waals surface area (Å²) in [5.74, 6) is 1.86. The molecule has 1 aromatic carbocycles. The van der Waals surface area contributed by atoms with Crippen LogP contribution in [-0.4, -0.2) is 69.2 Å². The second kappa shape index (κ2) is 12.8. The Balaban J connectivity index is 2.14. The van der Waals surface area contributed by atoms with Gasteiger partial charge in [-0.25, -0.2) is 0 Å². The van der Waals surface area contributed by atoms with Gasteiger partial charge in [0.2, 0.25) is 11.8 Å². The van der Waals surface area contributed by atoms with Crippen LogP contribution in [0.4, 0.5) is 0 Å². The van der Waals surface area contributed by atoms with Crippen LogP contribution in [0.2, 0.25) is 0 Å². The van der Waals surface area contributed by atoms with E-state index in [1.807, 2.05) is 38.1 Å². The molecule has 0 aliphatic rings. The highest BCUT2D eigenvalue weighted by Gasteiger charge is 2.23. The number of furan rings is 1. The molecule has 32 heavy (non-hydrogen) atoms. The van der Waals surface area contributed by atoms with Crippen LogP contribution in [0.5, 0.6) is 11.5 Å². The summed E-state index contributed by atoms with van der Waals surface area (Å²) < 4.78 is 21.1. The van der Waals surface area contributed by atoms with Gasteiger partial charge >= 0.3 is 0 Å². The van der Waals surface area contributed by atoms with Crippen LogP contribution in [0.1, 0.15) is 25.2 Å². The summed E-state index contributed by atoms with van der Waals surface area (Å²) in [6, 6.07) is 9.32. The van der Waals surface area contributed by atoms with Gasteiger partial charge in [0, 0.05) is 20.2 Å². The van der Waals surface area contributed by atoms with Crippen molar-refractivity contribution >= 4 is 11.8 Å². The monoisotopic (exact) mass is 446 g/mol. The second-order valence-electron chi connectivity index (χ2n) is 7.94. The molecular formula is C24H34N2O6. The number of hydrogen-bond acceptors (Lipinski definition) is 6. The number of carbonyl (C=O) groups is 2. The Morgan fingerprint density at radius 2 is 1.75 bits per heavy atom. The fourth-order valence-electron chi connectivity index (χ4n) is 3.36. The first-order valence-corrected chi connectivity index (χ1v) is 10.7. The van der Waals surface area contributed by atoms with Crippen LogP contribution >= 0.6 is 0 Å². The molecule has 0 aliphatic heterocycles. The van der Waals surface area contributed by atoms with Crippen molar-refractivity contribution in [3.8, 4) is 11.5 Å². The lowest BCUT2D eigenvalue weighted by Gasteiger charge is -2.28. The molecule has 0 aliphatic carbocycles. The number of benzene rings is 1. The molecule has 0 spiro atoms. The Bertz CT molecular complexity index is 850. The van der Waals surface area contributed by atoms with E-state index in [1.54, 1.807) is 36.3 Å². The Labute approximate surface area is 190 Å². The maximum Gasteiger partial charge on any atom is 0.249 e. The Morgan fingerprint density at radius 1 is 1.00 bits per heavy atom. The topological polar surface area (TPSA) is 81.5 Å². The second-order valence-corrected chi connectivity index (χ2v) is 7.94. The van der Waals surface area contributed by atoms with E-state index < -0.39 is 0 Å². The van der Waals surface area contributed by atoms with Crippen molar-refractivity contribution in [3.05, 3.63) is 47.9 Å². The van der Waals surface area contributed by atoms with Gasteiger partial charge in [0.1, 0.15) is 12.4 Å². The van der Waals surface area contributed by atoms with Gasteiger partial charge in [-0.3, -0.25) is 9.59 Å². The quantitative estimate of drug-likeness (QED) is 0.471. The van der Waals surface area contributed by atoms with E-state index in [0.717, 1.165) is 5.56 Å². The third kappa shape index (κ3) is 7.60. The lowest BCUT2D eigenvalue weighted by molar-refractivity contribution is -0.143. The summed E-state index contributed by atoms with van der Waals surface area (Å²) in [5, 5.41) is 0. The molecule has 2 amide bonds. The summed E-state index contributed by atoms with van der Waals surface area (Å²) in [4.78, 5) is 28.9. The summed E-state index contributed by atoms with van der Waals surface area (Å²) in [6.07, 6.45) is 2.20. The lowest BCUT2D eigenvalue weighted by Crippen LogP contribution is -2.45. The van der Waals surface area contributed by atoms with E-state index in [4.69, 9.17) is 18.6 Å². The van der Waals surface area contributed by atoms with Gasteiger partial charge in [0.15, 0.2) is 11.5 Å². The van der Waals surface area contributed by atoms with Gasteiger partial charge < -0.3 is 28.4 Å². The summed E-state index contributed by atoms with van der Waals surface area (Å²) in [7, 11) is 4.66. The first-order valence-electron chi connectivity index (χ1n) is 10.7. The molecule has 0 unspecified atom stereocenters. The van der Waals surface area contributed by atoms with Gasteiger partial charge in [0.25, 0.3) is 0 Å². The number of rotatable bonds is 13. The first kappa shape index (κ1) is 25.3. The normalized spacial score (nSPS) is 10.8. The van der Waals surface area contributed by atoms with Crippen molar-refractivity contribution in [1.29, 1.82) is 0 Å². The molecule has 1 aromatic heterocycles. The van der Waals surface area contributed by atoms with E-state index in [9.17, 15) is 9.59 Å². The minimum absolute atomic E-state index is 0.00693. The van der Waals surface area contributed by atoms with E-state index in [1.165, 1.54) is 7.11 Å². The molecular weight excluding hydrogens is 412 g/mol. The molecule has 8 nitrogen and oxygen atoms in total. The molecule has 0 atom stereocenters. The van der Waals surface area contributed by atoms with Crippen molar-refractivity contribution in [2.45, 2.75) is 26.8 Å². The van der Waals surface area contributed by atoms with Crippen LogP contribution in [0.15, 0.2) is 41.0 Å². The third-order valence-electron chi connectivity index (χ3n) is 4.93. The number of hydrogen-bond donors (Lipinski definition) is 0. The van der Waals surface area contributed by atoms with Crippen molar-refractivity contribution in [1.82, 2.24) is 9.80 Å². The SMILES string of the molecule is COCC(=O)N(CC(=O)N(CCc1ccc(OC)c(OC)c1)Cc1ccco1)CC(C)C. The fourth-order valence-corrected chi connectivity index (χ4v) is 3.36. The van der Waals surface area contributed by atoms with Crippen molar-refractivity contribution in [2.75, 3.05) is 47.6 Å². The molecule has 1 heterocycles. The van der Waals surface area contributed by atoms with E-state index in [-0.39, 0.29) is 30.9 Å². The number of amides is 2. The number of carbonyl (C=O) groups excluding carboxylic acids is 2. The lowest BCUT2D eigenvalue weighted by atomic mass is 10.1. The average Bonchev–Trinajstić information content (AvgIpc) is 3.28. The minimum atomic E-state index is -0.201. The van der Waals surface area contributed by atoms with E-state index in [0.29, 0.717) is 43.3 Å². The van der Waals surface area contributed by atoms with Crippen LogP contribution in [-0.2, 0) is 27.3 Å². The van der Waals surface area contributed by atoms with Crippen molar-refractivity contribution in [2.24, 2.45) is 5.92 Å². The fraction of sp³-hybridized carbons (Fsp3) is 0.500. The van der Waals surface area contributed by atoms with Crippen molar-refractivity contribution in [3.63, 3.8) is 0 Å². The van der Waals surface area contributed by atoms with Crippen LogP contribution in [0.3, 0.4) is 0 Å². The number of nitrogens with zero attached hydrogens (tertiary/aromatic N) is 2. The third-order valence-corrected chi connectivity index (χ3v) is 4.93. The smallest absolute Gasteiger partial charge is 0.249 e. The van der Waals surface area contributed by atoms with Crippen LogP contribution in [0.25, 0.3) is 0 Å². The molecule has 0 fully saturated rings. The molecule has 176 valence electrons. The zero-order chi connectivity index (χ0) is 23.5. The van der Waals surface area contributed by atoms with Gasteiger partial charge in [0.05, 0.1) is 33.6 Å². The molecule has 0 saturated heterocycles. The van der Waals surface area contributed by atoms with E-state index in [2.05, 4.69) is 0 Å². The molecule has 2 rings (SSSR count). The van der Waals surface area contributed by atoms with Crippen LogP contribution < -0.4 is 9.47 Å². The summed E-state index contributed by atoms with van der Waals surface area (Å²) in [5.41, 5.74) is 1.01. The number of ether oxygens (including phenoxy) is 3. The standard InChI is InChI=1S/C24H34N2O6/c1-18(2)14-26(24(28)17-29-3)16-23(27)25(15-20-7-6-12-32-20)11-10-19-8-9-21(30-4)22(13-19)31-5/h6-9,12-13,18H,10-11,14-17H2,1-5H3. The largest absolute Gasteiger partial charge is 0.493 e. The molecule has 0 saturated carbocycles. The average molecular weight is 447 g/mol.